The minimum Gasteiger partial charge on any atom is -0.399 e. The van der Waals surface area contributed by atoms with Crippen molar-refractivity contribution in [3.05, 3.63) is 23.8 Å². The maximum absolute atomic E-state index is 13.1. The zero-order valence-corrected chi connectivity index (χ0v) is 11.3. The minimum atomic E-state index is -4.41. The Labute approximate surface area is 116 Å². The number of piperidine rings is 1. The Kier molecular flexibility index (Phi) is 4.13. The fourth-order valence-corrected chi connectivity index (χ4v) is 2.68. The zero-order chi connectivity index (χ0) is 14.9. The quantitative estimate of drug-likeness (QED) is 0.823. The van der Waals surface area contributed by atoms with Crippen LogP contribution in [0, 0.1) is 5.92 Å². The van der Waals surface area contributed by atoms with E-state index in [2.05, 4.69) is 0 Å². The molecule has 0 aliphatic carbocycles. The summed E-state index contributed by atoms with van der Waals surface area (Å²) in [5, 5.41) is 9.54. The van der Waals surface area contributed by atoms with Gasteiger partial charge in [0, 0.05) is 24.5 Å². The Balaban J connectivity index is 2.22. The largest absolute Gasteiger partial charge is 0.418 e. The van der Waals surface area contributed by atoms with Crippen LogP contribution in [-0.4, -0.2) is 24.3 Å². The molecule has 0 radical (unpaired) electrons. The molecule has 0 bridgehead atoms. The fourth-order valence-electron chi connectivity index (χ4n) is 2.68. The Morgan fingerprint density at radius 2 is 1.90 bits per heavy atom. The van der Waals surface area contributed by atoms with Crippen LogP contribution in [-0.2, 0) is 6.18 Å². The molecule has 1 saturated heterocycles. The molecule has 1 heterocycles. The van der Waals surface area contributed by atoms with Gasteiger partial charge in [-0.25, -0.2) is 0 Å². The number of hydrogen-bond donors (Lipinski definition) is 2. The molecular formula is C14H19F3N2O. The van der Waals surface area contributed by atoms with Crippen LogP contribution in [0.5, 0.6) is 0 Å². The van der Waals surface area contributed by atoms with Gasteiger partial charge in [-0.15, -0.1) is 0 Å². The molecule has 0 aromatic heterocycles. The van der Waals surface area contributed by atoms with Crippen LogP contribution in [0.4, 0.5) is 24.5 Å². The van der Waals surface area contributed by atoms with Crippen LogP contribution in [0.15, 0.2) is 18.2 Å². The highest BCUT2D eigenvalue weighted by molar-refractivity contribution is 5.61. The summed E-state index contributed by atoms with van der Waals surface area (Å²) in [7, 11) is 0. The van der Waals surface area contributed by atoms with Gasteiger partial charge in [0.05, 0.1) is 11.7 Å². The maximum atomic E-state index is 13.1. The molecule has 0 spiro atoms. The number of benzene rings is 1. The van der Waals surface area contributed by atoms with Gasteiger partial charge < -0.3 is 15.7 Å². The summed E-state index contributed by atoms with van der Waals surface area (Å²) in [5.41, 5.74) is 5.06. The summed E-state index contributed by atoms with van der Waals surface area (Å²) < 4.78 is 39.2. The number of nitrogen functional groups attached to an aromatic ring is 1. The summed E-state index contributed by atoms with van der Waals surface area (Å²) >= 11 is 0. The molecule has 1 atom stereocenters. The van der Waals surface area contributed by atoms with E-state index in [4.69, 9.17) is 5.73 Å². The lowest BCUT2D eigenvalue weighted by molar-refractivity contribution is -0.137. The van der Waals surface area contributed by atoms with Crippen molar-refractivity contribution in [2.45, 2.75) is 32.0 Å². The van der Waals surface area contributed by atoms with E-state index in [1.54, 1.807) is 11.8 Å². The molecular weight excluding hydrogens is 269 g/mol. The summed E-state index contributed by atoms with van der Waals surface area (Å²) in [6, 6.07) is 3.91. The average Bonchev–Trinajstić information content (AvgIpc) is 2.38. The van der Waals surface area contributed by atoms with Crippen molar-refractivity contribution >= 4 is 11.4 Å². The van der Waals surface area contributed by atoms with E-state index in [1.165, 1.54) is 12.1 Å². The van der Waals surface area contributed by atoms with Gasteiger partial charge in [-0.2, -0.15) is 13.2 Å². The Hall–Kier alpha value is -1.43. The van der Waals surface area contributed by atoms with Crippen molar-refractivity contribution in [1.29, 1.82) is 0 Å². The molecule has 20 heavy (non-hydrogen) atoms. The standard InChI is InChI=1S/C14H19F3N2O/c1-9(20)10-4-6-19(7-5-10)13-3-2-11(18)8-12(13)14(15,16)17/h2-3,8-10,20H,4-7,18H2,1H3. The lowest BCUT2D eigenvalue weighted by atomic mass is 9.91. The lowest BCUT2D eigenvalue weighted by Crippen LogP contribution is -2.38. The third-order valence-corrected chi connectivity index (χ3v) is 3.89. The predicted octanol–water partition coefficient (Wildman–Crippen LogP) is 2.88. The molecule has 6 heteroatoms. The van der Waals surface area contributed by atoms with E-state index in [0.29, 0.717) is 25.9 Å². The van der Waals surface area contributed by atoms with E-state index in [0.717, 1.165) is 6.07 Å². The number of aliphatic hydroxyl groups is 1. The van der Waals surface area contributed by atoms with Crippen molar-refractivity contribution in [3.8, 4) is 0 Å². The number of aliphatic hydroxyl groups excluding tert-OH is 1. The maximum Gasteiger partial charge on any atom is 0.418 e. The van der Waals surface area contributed by atoms with Crippen molar-refractivity contribution in [3.63, 3.8) is 0 Å². The number of nitrogens with two attached hydrogens (primary N) is 1. The average molecular weight is 288 g/mol. The number of anilines is 2. The summed E-state index contributed by atoms with van der Waals surface area (Å²) in [4.78, 5) is 1.72. The van der Waals surface area contributed by atoms with Gasteiger partial charge in [0.25, 0.3) is 0 Å². The first kappa shape index (κ1) is 15.0. The third-order valence-electron chi connectivity index (χ3n) is 3.89. The zero-order valence-electron chi connectivity index (χ0n) is 11.3. The molecule has 1 aliphatic rings. The van der Waals surface area contributed by atoms with Gasteiger partial charge in [-0.3, -0.25) is 0 Å². The van der Waals surface area contributed by atoms with E-state index >= 15 is 0 Å². The normalized spacial score (nSPS) is 19.1. The van der Waals surface area contributed by atoms with Gasteiger partial charge >= 0.3 is 6.18 Å². The van der Waals surface area contributed by atoms with Gasteiger partial charge in [0.2, 0.25) is 0 Å². The first-order valence-electron chi connectivity index (χ1n) is 6.69. The van der Waals surface area contributed by atoms with Crippen LogP contribution in [0.1, 0.15) is 25.3 Å². The summed E-state index contributed by atoms with van der Waals surface area (Å²) in [5.74, 6) is 0.161. The molecule has 0 amide bonds. The van der Waals surface area contributed by atoms with Crippen LogP contribution in [0.3, 0.4) is 0 Å². The SMILES string of the molecule is CC(O)C1CCN(c2ccc(N)cc2C(F)(F)F)CC1. The topological polar surface area (TPSA) is 49.5 Å². The predicted molar refractivity (Wildman–Crippen MR) is 72.5 cm³/mol. The van der Waals surface area contributed by atoms with Gasteiger partial charge in [-0.05, 0) is 43.9 Å². The number of rotatable bonds is 2. The van der Waals surface area contributed by atoms with E-state index in [9.17, 15) is 18.3 Å². The number of hydrogen-bond acceptors (Lipinski definition) is 3. The Morgan fingerprint density at radius 3 is 2.40 bits per heavy atom. The van der Waals surface area contributed by atoms with Crippen LogP contribution in [0.2, 0.25) is 0 Å². The highest BCUT2D eigenvalue weighted by Crippen LogP contribution is 2.39. The molecule has 0 saturated carbocycles. The number of alkyl halides is 3. The van der Waals surface area contributed by atoms with Crippen LogP contribution < -0.4 is 10.6 Å². The molecule has 1 aromatic rings. The summed E-state index contributed by atoms with van der Waals surface area (Å²) in [6.45, 7) is 2.76. The van der Waals surface area contributed by atoms with Gasteiger partial charge in [-0.1, -0.05) is 0 Å². The Bertz CT molecular complexity index is 466. The third kappa shape index (κ3) is 3.17. The molecule has 112 valence electrons. The minimum absolute atomic E-state index is 0.111. The second kappa shape index (κ2) is 5.52. The van der Waals surface area contributed by atoms with Crippen molar-refractivity contribution in [2.75, 3.05) is 23.7 Å². The molecule has 3 nitrogen and oxygen atoms in total. The molecule has 1 aliphatic heterocycles. The fraction of sp³-hybridized carbons (Fsp3) is 0.571. The highest BCUT2D eigenvalue weighted by atomic mass is 19.4. The second-order valence-corrected chi connectivity index (χ2v) is 5.34. The number of nitrogens with zero attached hydrogens (tertiary/aromatic N) is 1. The number of halogens is 3. The monoisotopic (exact) mass is 288 g/mol. The van der Waals surface area contributed by atoms with Crippen molar-refractivity contribution < 1.29 is 18.3 Å². The molecule has 1 aromatic carbocycles. The van der Waals surface area contributed by atoms with Crippen molar-refractivity contribution in [1.82, 2.24) is 0 Å². The molecule has 1 fully saturated rings. The molecule has 3 N–H and O–H groups in total. The summed E-state index contributed by atoms with van der Waals surface area (Å²) in [6.07, 6.45) is -3.43. The van der Waals surface area contributed by atoms with E-state index < -0.39 is 17.8 Å². The lowest BCUT2D eigenvalue weighted by Gasteiger charge is -2.36. The first-order chi connectivity index (χ1) is 9.29. The Morgan fingerprint density at radius 1 is 1.30 bits per heavy atom. The van der Waals surface area contributed by atoms with Crippen LogP contribution >= 0.6 is 0 Å². The first-order valence-corrected chi connectivity index (χ1v) is 6.69. The van der Waals surface area contributed by atoms with Crippen LogP contribution in [0.25, 0.3) is 0 Å². The smallest absolute Gasteiger partial charge is 0.399 e. The van der Waals surface area contributed by atoms with E-state index in [-0.39, 0.29) is 17.3 Å². The van der Waals surface area contributed by atoms with Crippen molar-refractivity contribution in [2.24, 2.45) is 5.92 Å². The second-order valence-electron chi connectivity index (χ2n) is 5.34. The molecule has 2 rings (SSSR count). The van der Waals surface area contributed by atoms with Gasteiger partial charge in [0.1, 0.15) is 0 Å². The van der Waals surface area contributed by atoms with Gasteiger partial charge in [0.15, 0.2) is 0 Å². The van der Waals surface area contributed by atoms with E-state index in [1.807, 2.05) is 0 Å². The highest BCUT2D eigenvalue weighted by Gasteiger charge is 2.36. The molecule has 1 unspecified atom stereocenters.